The third-order valence-electron chi connectivity index (χ3n) is 2.80. The number of phenolic OH excluding ortho intramolecular Hbond substituents is 1. The van der Waals surface area contributed by atoms with Gasteiger partial charge < -0.3 is 14.9 Å². The zero-order chi connectivity index (χ0) is 11.6. The largest absolute Gasteiger partial charge is 0.504 e. The van der Waals surface area contributed by atoms with E-state index in [2.05, 4.69) is 0 Å². The van der Waals surface area contributed by atoms with E-state index in [1.54, 1.807) is 0 Å². The fraction of sp³-hybridized carbons (Fsp3) is 0.500. The second kappa shape index (κ2) is 4.53. The molecule has 0 saturated heterocycles. The number of aliphatic hydroxyl groups excluding tert-OH is 1. The number of aromatic hydroxyl groups is 1. The van der Waals surface area contributed by atoms with Crippen LogP contribution in [0.1, 0.15) is 29.5 Å². The molecule has 0 bridgehead atoms. The monoisotopic (exact) mass is 210 g/mol. The van der Waals surface area contributed by atoms with Crippen LogP contribution in [0.4, 0.5) is 0 Å². The lowest BCUT2D eigenvalue weighted by atomic mass is 9.95. The molecule has 0 aliphatic carbocycles. The molecule has 0 amide bonds. The van der Waals surface area contributed by atoms with Gasteiger partial charge in [0.25, 0.3) is 0 Å². The van der Waals surface area contributed by atoms with E-state index in [4.69, 9.17) is 9.84 Å². The van der Waals surface area contributed by atoms with Crippen molar-refractivity contribution in [2.24, 2.45) is 0 Å². The Hall–Kier alpha value is -1.22. The number of aryl methyl sites for hydroxylation is 1. The molecule has 1 unspecified atom stereocenters. The number of ether oxygens (including phenoxy) is 1. The number of hydrogen-bond donors (Lipinski definition) is 2. The molecule has 15 heavy (non-hydrogen) atoms. The van der Waals surface area contributed by atoms with Crippen LogP contribution >= 0.6 is 0 Å². The fourth-order valence-corrected chi connectivity index (χ4v) is 1.58. The molecule has 0 radical (unpaired) electrons. The molecular weight excluding hydrogens is 192 g/mol. The molecule has 1 aromatic carbocycles. The second-order valence-corrected chi connectivity index (χ2v) is 3.87. The van der Waals surface area contributed by atoms with Crippen molar-refractivity contribution in [1.29, 1.82) is 0 Å². The molecule has 0 aliphatic rings. The van der Waals surface area contributed by atoms with Crippen LogP contribution in [0.25, 0.3) is 0 Å². The third kappa shape index (κ3) is 2.07. The molecule has 0 saturated carbocycles. The van der Waals surface area contributed by atoms with Gasteiger partial charge in [-0.3, -0.25) is 0 Å². The normalized spacial score (nSPS) is 12.6. The molecule has 0 aromatic heterocycles. The SMILES string of the molecule is COc1c(C(C)CO)cc(C)c(C)c1O. The van der Waals surface area contributed by atoms with Crippen molar-refractivity contribution in [3.05, 3.63) is 22.8 Å². The minimum absolute atomic E-state index is 0.0369. The van der Waals surface area contributed by atoms with Crippen LogP contribution in [-0.2, 0) is 0 Å². The van der Waals surface area contributed by atoms with Crippen LogP contribution in [0.5, 0.6) is 11.5 Å². The lowest BCUT2D eigenvalue weighted by Crippen LogP contribution is -2.03. The van der Waals surface area contributed by atoms with Gasteiger partial charge in [-0.1, -0.05) is 13.0 Å². The van der Waals surface area contributed by atoms with Gasteiger partial charge in [-0.15, -0.1) is 0 Å². The number of rotatable bonds is 3. The Bertz CT molecular complexity index is 358. The Balaban J connectivity index is 3.38. The van der Waals surface area contributed by atoms with Crippen molar-refractivity contribution < 1.29 is 14.9 Å². The van der Waals surface area contributed by atoms with E-state index < -0.39 is 0 Å². The lowest BCUT2D eigenvalue weighted by Gasteiger charge is -2.17. The first-order valence-electron chi connectivity index (χ1n) is 5.00. The van der Waals surface area contributed by atoms with Crippen LogP contribution < -0.4 is 4.74 Å². The predicted octanol–water partition coefficient (Wildman–Crippen LogP) is 2.11. The summed E-state index contributed by atoms with van der Waals surface area (Å²) in [6.45, 7) is 5.72. The van der Waals surface area contributed by atoms with Crippen molar-refractivity contribution in [2.45, 2.75) is 26.7 Å². The molecule has 3 nitrogen and oxygen atoms in total. The summed E-state index contributed by atoms with van der Waals surface area (Å²) < 4.78 is 5.17. The summed E-state index contributed by atoms with van der Waals surface area (Å²) in [5.74, 6) is 0.609. The van der Waals surface area contributed by atoms with Gasteiger partial charge in [0.15, 0.2) is 11.5 Å². The Labute approximate surface area is 90.3 Å². The van der Waals surface area contributed by atoms with E-state index in [-0.39, 0.29) is 18.3 Å². The quantitative estimate of drug-likeness (QED) is 0.803. The average molecular weight is 210 g/mol. The van der Waals surface area contributed by atoms with Crippen LogP contribution in [0.2, 0.25) is 0 Å². The Kier molecular flexibility index (Phi) is 3.58. The van der Waals surface area contributed by atoms with Gasteiger partial charge in [0.05, 0.1) is 7.11 Å². The molecule has 3 heteroatoms. The molecule has 0 fully saturated rings. The van der Waals surface area contributed by atoms with E-state index >= 15 is 0 Å². The first kappa shape index (κ1) is 11.9. The summed E-state index contributed by atoms with van der Waals surface area (Å²) in [4.78, 5) is 0. The third-order valence-corrected chi connectivity index (χ3v) is 2.80. The van der Waals surface area contributed by atoms with Gasteiger partial charge in [0, 0.05) is 18.1 Å². The van der Waals surface area contributed by atoms with E-state index in [1.807, 2.05) is 26.8 Å². The highest BCUT2D eigenvalue weighted by Gasteiger charge is 2.17. The molecule has 0 spiro atoms. The summed E-state index contributed by atoms with van der Waals surface area (Å²) in [5.41, 5.74) is 2.67. The number of hydrogen-bond acceptors (Lipinski definition) is 3. The Morgan fingerprint density at radius 3 is 2.47 bits per heavy atom. The zero-order valence-electron chi connectivity index (χ0n) is 9.66. The maximum Gasteiger partial charge on any atom is 0.164 e. The van der Waals surface area contributed by atoms with Gasteiger partial charge in [0.1, 0.15) is 0 Å². The average Bonchev–Trinajstić information content (AvgIpc) is 2.24. The minimum Gasteiger partial charge on any atom is -0.504 e. The molecule has 1 aromatic rings. The minimum atomic E-state index is -0.0369. The number of aliphatic hydroxyl groups is 1. The molecule has 1 atom stereocenters. The smallest absolute Gasteiger partial charge is 0.164 e. The number of methoxy groups -OCH3 is 1. The van der Waals surface area contributed by atoms with Gasteiger partial charge in [-0.25, -0.2) is 0 Å². The fourth-order valence-electron chi connectivity index (χ4n) is 1.58. The van der Waals surface area contributed by atoms with Crippen LogP contribution in [-0.4, -0.2) is 23.9 Å². The van der Waals surface area contributed by atoms with E-state index in [0.29, 0.717) is 5.75 Å². The molecular formula is C12H18O3. The highest BCUT2D eigenvalue weighted by atomic mass is 16.5. The lowest BCUT2D eigenvalue weighted by molar-refractivity contribution is 0.268. The molecule has 1 rings (SSSR count). The van der Waals surface area contributed by atoms with Gasteiger partial charge in [-0.05, 0) is 25.0 Å². The number of phenols is 1. The Morgan fingerprint density at radius 2 is 2.00 bits per heavy atom. The highest BCUT2D eigenvalue weighted by Crippen LogP contribution is 2.38. The van der Waals surface area contributed by atoms with Crippen LogP contribution in [0.3, 0.4) is 0 Å². The van der Waals surface area contributed by atoms with Crippen LogP contribution in [0, 0.1) is 13.8 Å². The van der Waals surface area contributed by atoms with Crippen molar-refractivity contribution >= 4 is 0 Å². The summed E-state index contributed by atoms with van der Waals surface area (Å²) in [6, 6.07) is 1.95. The first-order chi connectivity index (χ1) is 7.02. The standard InChI is InChI=1S/C12H18O3/c1-7-5-10(8(2)6-13)12(15-4)11(14)9(7)3/h5,8,13-14H,6H2,1-4H3. The summed E-state index contributed by atoms with van der Waals surface area (Å²) in [6.07, 6.45) is 0. The Morgan fingerprint density at radius 1 is 1.40 bits per heavy atom. The highest BCUT2D eigenvalue weighted by molar-refractivity contribution is 5.55. The first-order valence-corrected chi connectivity index (χ1v) is 5.00. The molecule has 2 N–H and O–H groups in total. The predicted molar refractivity (Wildman–Crippen MR) is 59.6 cm³/mol. The van der Waals surface area contributed by atoms with E-state index in [1.165, 1.54) is 7.11 Å². The number of benzene rings is 1. The zero-order valence-corrected chi connectivity index (χ0v) is 9.66. The van der Waals surface area contributed by atoms with Crippen molar-refractivity contribution in [3.8, 4) is 11.5 Å². The molecule has 84 valence electrons. The van der Waals surface area contributed by atoms with Crippen molar-refractivity contribution in [2.75, 3.05) is 13.7 Å². The van der Waals surface area contributed by atoms with E-state index in [9.17, 15) is 5.11 Å². The molecule has 0 heterocycles. The molecule has 0 aliphatic heterocycles. The topological polar surface area (TPSA) is 49.7 Å². The summed E-state index contributed by atoms with van der Waals surface area (Å²) in [7, 11) is 1.53. The maximum absolute atomic E-state index is 9.90. The van der Waals surface area contributed by atoms with Gasteiger partial charge >= 0.3 is 0 Å². The second-order valence-electron chi connectivity index (χ2n) is 3.87. The van der Waals surface area contributed by atoms with Crippen molar-refractivity contribution in [3.63, 3.8) is 0 Å². The van der Waals surface area contributed by atoms with Gasteiger partial charge in [0.2, 0.25) is 0 Å². The van der Waals surface area contributed by atoms with Crippen LogP contribution in [0.15, 0.2) is 6.07 Å². The van der Waals surface area contributed by atoms with E-state index in [0.717, 1.165) is 16.7 Å². The van der Waals surface area contributed by atoms with Crippen molar-refractivity contribution in [1.82, 2.24) is 0 Å². The summed E-state index contributed by atoms with van der Waals surface area (Å²) in [5, 5.41) is 19.0. The maximum atomic E-state index is 9.90. The van der Waals surface area contributed by atoms with Gasteiger partial charge in [-0.2, -0.15) is 0 Å². The summed E-state index contributed by atoms with van der Waals surface area (Å²) >= 11 is 0.